The molecule has 3 N–H and O–H groups in total. The Labute approximate surface area is 503 Å². The molecule has 4 aromatic carbocycles. The predicted octanol–water partition coefficient (Wildman–Crippen LogP) is 10.2. The van der Waals surface area contributed by atoms with Crippen molar-refractivity contribution in [2.24, 2.45) is 0 Å². The molecule has 2 fully saturated rings. The van der Waals surface area contributed by atoms with Gasteiger partial charge in [-0.15, -0.1) is 0 Å². The quantitative estimate of drug-likeness (QED) is 0.0605. The summed E-state index contributed by atoms with van der Waals surface area (Å²) in [6.07, 6.45) is -9.27. The van der Waals surface area contributed by atoms with E-state index in [0.717, 1.165) is 77.8 Å². The van der Waals surface area contributed by atoms with E-state index in [9.17, 15) is 67.5 Å². The zero-order valence-corrected chi connectivity index (χ0v) is 51.7. The molecule has 0 radical (unpaired) electrons. The van der Waals surface area contributed by atoms with Gasteiger partial charge in [-0.3, -0.25) is 9.59 Å². The summed E-state index contributed by atoms with van der Waals surface area (Å²) in [5.74, 6) is -2.21. The molecule has 0 spiro atoms. The van der Waals surface area contributed by atoms with E-state index < -0.39 is 85.0 Å². The van der Waals surface area contributed by atoms with E-state index in [1.807, 2.05) is 48.5 Å². The minimum absolute atomic E-state index is 0.0330. The minimum Gasteiger partial charge on any atom is -0.477 e. The minimum atomic E-state index is -4.63. The third kappa shape index (κ3) is 16.1. The number of hydrogen-bond acceptors (Lipinski definition) is 15. The second kappa shape index (κ2) is 26.6. The first kappa shape index (κ1) is 66.5. The molecule has 4 heterocycles. The number of esters is 1. The number of carbonyl (C=O) groups excluding carboxylic acids is 3. The predicted molar refractivity (Wildman–Crippen MR) is 313 cm³/mol. The number of sulfonamides is 2. The van der Waals surface area contributed by atoms with Crippen LogP contribution in [0.5, 0.6) is 0 Å². The maximum absolute atomic E-state index is 13.7. The lowest BCUT2D eigenvalue weighted by Gasteiger charge is -2.39. The molecule has 18 nitrogen and oxygen atoms in total. The highest BCUT2D eigenvalue weighted by Crippen LogP contribution is 2.36. The first-order valence-corrected chi connectivity index (χ1v) is 31.6. The number of carboxylic acid groups (broad SMARTS) is 1. The summed E-state index contributed by atoms with van der Waals surface area (Å²) in [4.78, 5) is 63.2. The summed E-state index contributed by atoms with van der Waals surface area (Å²) in [5, 5.41) is 15.8. The van der Waals surface area contributed by atoms with Crippen molar-refractivity contribution in [2.45, 2.75) is 127 Å². The van der Waals surface area contributed by atoms with Gasteiger partial charge in [-0.25, -0.2) is 36.4 Å². The summed E-state index contributed by atoms with van der Waals surface area (Å²) in [6.45, 7) is 16.6. The van der Waals surface area contributed by atoms with E-state index in [1.54, 1.807) is 44.4 Å². The van der Waals surface area contributed by atoms with E-state index in [-0.39, 0.29) is 67.0 Å². The van der Waals surface area contributed by atoms with Gasteiger partial charge < -0.3 is 30.3 Å². The molecule has 2 atom stereocenters. The highest BCUT2D eigenvalue weighted by Gasteiger charge is 2.44. The van der Waals surface area contributed by atoms with Crippen molar-refractivity contribution >= 4 is 76.7 Å². The smallest absolute Gasteiger partial charge is 0.416 e. The second-order valence-corrected chi connectivity index (χ2v) is 27.8. The van der Waals surface area contributed by atoms with E-state index in [0.29, 0.717) is 62.6 Å². The van der Waals surface area contributed by atoms with Crippen molar-refractivity contribution in [1.29, 1.82) is 0 Å². The molecule has 0 unspecified atom stereocenters. The number of piperazine rings is 2. The number of hydrogen-bond donors (Lipinski definition) is 3. The molecular formula is C58H66F6N8O10S4. The van der Waals surface area contributed by atoms with E-state index in [4.69, 9.17) is 4.74 Å². The van der Waals surface area contributed by atoms with Crippen LogP contribution < -0.4 is 20.4 Å². The van der Waals surface area contributed by atoms with Crippen LogP contribution in [-0.2, 0) is 59.8 Å². The Hall–Kier alpha value is -6.98. The highest BCUT2D eigenvalue weighted by atomic mass is 32.2. The third-order valence-corrected chi connectivity index (χ3v) is 20.2. The van der Waals surface area contributed by atoms with Crippen molar-refractivity contribution in [3.05, 3.63) is 152 Å². The Balaban J connectivity index is 0.000000247. The maximum Gasteiger partial charge on any atom is 0.416 e. The standard InChI is InChI=1S/C31H37F3N4O5S2.C27H29F3N4O5S2/c1-19(2)22-9-7-21(8-10-22)17-35-27(39)25-18-37(29-36-20(3)26(44-29)28(40)43-30(4,5)6)15-16-38(25)45(41,42)24-13-11-23(12-14-24)31(32,33)34;1-16(2)19-6-4-18(5-7-19)14-31-24(35)22-15-33(26-32-17(3)23(40-26)25(36)37)12-13-34(22)41(38,39)21-10-8-20(9-11-21)27(28,29)30/h7-14,19,25H,15-18H2,1-6H3,(H,35,39);4-11,16,22H,12-15H2,1-3H3,(H,31,35)(H,36,37)/t25-;22-/m11/s1. The largest absolute Gasteiger partial charge is 0.477 e. The first-order chi connectivity index (χ1) is 40.0. The first-order valence-electron chi connectivity index (χ1n) is 27.1. The Morgan fingerprint density at radius 3 is 1.24 bits per heavy atom. The molecule has 2 aliphatic heterocycles. The lowest BCUT2D eigenvalue weighted by molar-refractivity contribution is -0.138. The maximum atomic E-state index is 13.7. The molecule has 28 heteroatoms. The number of halogens is 6. The summed E-state index contributed by atoms with van der Waals surface area (Å²) in [7, 11) is -8.74. The SMILES string of the molecule is Cc1nc(N2CCN(S(=O)(=O)c3ccc(C(F)(F)F)cc3)[C@@H](C(=O)NCc3ccc(C(C)C)cc3)C2)sc1C(=O)O.Cc1nc(N2CCN(S(=O)(=O)c3ccc(C(F)(F)F)cc3)[C@@H](C(=O)NCc3ccc(C(C)C)cc3)C2)sc1C(=O)OC(C)(C)C. The monoisotopic (exact) mass is 1280 g/mol. The van der Waals surface area contributed by atoms with Crippen LogP contribution in [-0.4, -0.2) is 121 Å². The zero-order chi connectivity index (χ0) is 63.4. The van der Waals surface area contributed by atoms with Crippen LogP contribution in [0, 0.1) is 13.8 Å². The number of thiazole rings is 2. The number of benzene rings is 4. The molecular weight excluding hydrogens is 1210 g/mol. The number of carbonyl (C=O) groups is 4. The highest BCUT2D eigenvalue weighted by molar-refractivity contribution is 7.89. The number of amides is 2. The lowest BCUT2D eigenvalue weighted by Crippen LogP contribution is -2.60. The zero-order valence-electron chi connectivity index (χ0n) is 48.4. The average Bonchev–Trinajstić information content (AvgIpc) is 1.15. The fourth-order valence-electron chi connectivity index (χ4n) is 9.19. The fourth-order valence-corrected chi connectivity index (χ4v) is 14.2. The van der Waals surface area contributed by atoms with E-state index in [1.165, 1.54) is 0 Å². The number of anilines is 2. The number of aromatic nitrogens is 2. The van der Waals surface area contributed by atoms with Crippen molar-refractivity contribution in [3.8, 4) is 0 Å². The normalized spacial score (nSPS) is 16.6. The average molecular weight is 1280 g/mol. The number of nitrogens with one attached hydrogen (secondary N) is 2. The van der Waals surface area contributed by atoms with Gasteiger partial charge in [-0.1, -0.05) is 98.9 Å². The summed E-state index contributed by atoms with van der Waals surface area (Å²) < 4.78 is 141. The Morgan fingerprint density at radius 1 is 0.581 bits per heavy atom. The van der Waals surface area contributed by atoms with Gasteiger partial charge in [0.25, 0.3) is 0 Å². The molecule has 86 heavy (non-hydrogen) atoms. The van der Waals surface area contributed by atoms with Crippen LogP contribution in [0.4, 0.5) is 36.6 Å². The molecule has 464 valence electrons. The molecule has 0 saturated carbocycles. The van der Waals surface area contributed by atoms with Gasteiger partial charge in [0, 0.05) is 52.4 Å². The van der Waals surface area contributed by atoms with Gasteiger partial charge >= 0.3 is 24.3 Å². The molecule has 2 aromatic heterocycles. The van der Waals surface area contributed by atoms with Crippen LogP contribution in [0.25, 0.3) is 0 Å². The van der Waals surface area contributed by atoms with Gasteiger partial charge in [0.15, 0.2) is 10.3 Å². The van der Waals surface area contributed by atoms with Gasteiger partial charge in [-0.2, -0.15) is 35.0 Å². The fraction of sp³-hybridized carbons (Fsp3) is 0.414. The van der Waals surface area contributed by atoms with Gasteiger partial charge in [0.2, 0.25) is 31.9 Å². The number of aryl methyl sites for hydroxylation is 2. The van der Waals surface area contributed by atoms with Crippen LogP contribution in [0.2, 0.25) is 0 Å². The van der Waals surface area contributed by atoms with Gasteiger partial charge in [0.1, 0.15) is 27.4 Å². The van der Waals surface area contributed by atoms with E-state index in [2.05, 4.69) is 48.3 Å². The molecule has 6 aromatic rings. The number of aromatic carboxylic acids is 1. The van der Waals surface area contributed by atoms with Crippen molar-refractivity contribution < 1.29 is 72.2 Å². The number of carboxylic acids is 1. The number of nitrogens with zero attached hydrogens (tertiary/aromatic N) is 6. The van der Waals surface area contributed by atoms with Crippen molar-refractivity contribution in [3.63, 3.8) is 0 Å². The van der Waals surface area contributed by atoms with E-state index >= 15 is 0 Å². The Kier molecular flexibility index (Phi) is 20.5. The Bertz CT molecular complexity index is 3630. The number of ether oxygens (including phenoxy) is 1. The van der Waals surface area contributed by atoms with Gasteiger partial charge in [0.05, 0.1) is 32.3 Å². The third-order valence-electron chi connectivity index (χ3n) is 14.0. The molecule has 2 aliphatic rings. The van der Waals surface area contributed by atoms with Crippen LogP contribution >= 0.6 is 22.7 Å². The molecule has 2 amide bonds. The summed E-state index contributed by atoms with van der Waals surface area (Å²) in [5.41, 5.74) is 1.91. The molecule has 2 saturated heterocycles. The number of rotatable bonds is 16. The second-order valence-electron chi connectivity index (χ2n) is 22.1. The topological polar surface area (TPSA) is 229 Å². The van der Waals surface area contributed by atoms with Crippen molar-refractivity contribution in [2.75, 3.05) is 49.1 Å². The van der Waals surface area contributed by atoms with Crippen LogP contribution in [0.3, 0.4) is 0 Å². The Morgan fingerprint density at radius 2 is 0.930 bits per heavy atom. The number of alkyl halides is 6. The molecule has 8 rings (SSSR count). The lowest BCUT2D eigenvalue weighted by atomic mass is 10.0. The van der Waals surface area contributed by atoms with Crippen LogP contribution in [0.1, 0.15) is 124 Å². The summed E-state index contributed by atoms with van der Waals surface area (Å²) >= 11 is 2.01. The van der Waals surface area contributed by atoms with Gasteiger partial charge in [-0.05, 0) is 117 Å². The van der Waals surface area contributed by atoms with Crippen LogP contribution in [0.15, 0.2) is 107 Å². The summed E-state index contributed by atoms with van der Waals surface area (Å²) in [6, 6.07) is 19.1. The molecule has 0 aliphatic carbocycles. The van der Waals surface area contributed by atoms with Crippen molar-refractivity contribution in [1.82, 2.24) is 29.2 Å². The molecule has 0 bridgehead atoms.